The molecule has 0 unspecified atom stereocenters. The van der Waals surface area contributed by atoms with Gasteiger partial charge in [-0.15, -0.1) is 11.3 Å². The van der Waals surface area contributed by atoms with E-state index < -0.39 is 0 Å². The van der Waals surface area contributed by atoms with Crippen LogP contribution in [-0.4, -0.2) is 17.2 Å². The first kappa shape index (κ1) is 11.8. The molecule has 0 aliphatic rings. The number of rotatable bonds is 5. The molecule has 15 heavy (non-hydrogen) atoms. The second kappa shape index (κ2) is 6.27. The highest BCUT2D eigenvalue weighted by molar-refractivity contribution is 7.81. The minimum Gasteiger partial charge on any atom is -0.369 e. The lowest BCUT2D eigenvalue weighted by Gasteiger charge is -2.05. The predicted octanol–water partition coefficient (Wildman–Crippen LogP) is 3.03. The summed E-state index contributed by atoms with van der Waals surface area (Å²) in [7, 11) is 0. The zero-order chi connectivity index (χ0) is 11.1. The molecule has 0 aromatic carbocycles. The number of nitrogens with one attached hydrogen (secondary N) is 1. The molecule has 80 valence electrons. The summed E-state index contributed by atoms with van der Waals surface area (Å²) < 4.78 is 0. The van der Waals surface area contributed by atoms with E-state index in [0.717, 1.165) is 15.6 Å². The summed E-state index contributed by atoms with van der Waals surface area (Å²) in [6, 6.07) is 3.96. The van der Waals surface area contributed by atoms with Crippen molar-refractivity contribution in [3.05, 3.63) is 47.8 Å². The molecular weight excluding hydrogens is 224 g/mol. The largest absolute Gasteiger partial charge is 0.369 e. The molecule has 1 aromatic heterocycles. The molecule has 1 N–H and O–H groups in total. The summed E-state index contributed by atoms with van der Waals surface area (Å²) in [6.45, 7) is 7.77. The Morgan fingerprint density at radius 3 is 3.00 bits per heavy atom. The first-order valence-electron chi connectivity index (χ1n) is 4.39. The topological polar surface area (TPSA) is 24.4 Å². The summed E-state index contributed by atoms with van der Waals surface area (Å²) in [5.74, 6) is 0. The van der Waals surface area contributed by atoms with Crippen molar-refractivity contribution in [3.8, 4) is 0 Å². The van der Waals surface area contributed by atoms with Crippen molar-refractivity contribution in [3.63, 3.8) is 0 Å². The van der Waals surface area contributed by atoms with E-state index in [9.17, 15) is 0 Å². The predicted molar refractivity (Wildman–Crippen MR) is 74.0 cm³/mol. The van der Waals surface area contributed by atoms with Gasteiger partial charge in [-0.2, -0.15) is 0 Å². The van der Waals surface area contributed by atoms with Crippen molar-refractivity contribution in [1.82, 2.24) is 5.32 Å². The average Bonchev–Trinajstić information content (AvgIpc) is 2.77. The van der Waals surface area contributed by atoms with E-state index in [4.69, 9.17) is 12.2 Å². The highest BCUT2D eigenvalue weighted by Gasteiger charge is 2.01. The summed E-state index contributed by atoms with van der Waals surface area (Å²) >= 11 is 6.82. The number of hydrogen-bond acceptors (Lipinski definition) is 3. The van der Waals surface area contributed by atoms with Crippen LogP contribution in [0.4, 0.5) is 0 Å². The van der Waals surface area contributed by atoms with Gasteiger partial charge in [-0.3, -0.25) is 4.99 Å². The van der Waals surface area contributed by atoms with Crippen molar-refractivity contribution < 1.29 is 1.43 Å². The molecule has 2 nitrogen and oxygen atoms in total. The average molecular weight is 238 g/mol. The fraction of sp³-hybridized carbons (Fsp3) is 0.0909. The summed E-state index contributed by atoms with van der Waals surface area (Å²) in [6.07, 6.45) is 3.18. The number of nitrogens with zero attached hydrogens (tertiary/aromatic N) is 1. The van der Waals surface area contributed by atoms with Crippen LogP contribution in [-0.2, 0) is 0 Å². The van der Waals surface area contributed by atoms with Crippen LogP contribution in [0.2, 0.25) is 0 Å². The Hall–Kier alpha value is -1.26. The third-order valence-corrected chi connectivity index (χ3v) is 3.05. The summed E-state index contributed by atoms with van der Waals surface area (Å²) in [5, 5.41) is 5.11. The van der Waals surface area contributed by atoms with Crippen molar-refractivity contribution in [2.24, 2.45) is 4.99 Å². The molecule has 0 saturated heterocycles. The van der Waals surface area contributed by atoms with Crippen LogP contribution in [0.3, 0.4) is 0 Å². The first-order valence-corrected chi connectivity index (χ1v) is 5.68. The van der Waals surface area contributed by atoms with E-state index in [-0.39, 0.29) is 1.43 Å². The van der Waals surface area contributed by atoms with E-state index in [1.807, 2.05) is 17.5 Å². The lowest BCUT2D eigenvalue weighted by molar-refractivity contribution is 1.10. The Bertz CT molecular complexity index is 383. The fourth-order valence-corrected chi connectivity index (χ4v) is 1.88. The quantitative estimate of drug-likeness (QED) is 0.630. The van der Waals surface area contributed by atoms with Gasteiger partial charge < -0.3 is 5.32 Å². The highest BCUT2D eigenvalue weighted by atomic mass is 32.1. The van der Waals surface area contributed by atoms with Crippen molar-refractivity contribution in [2.75, 3.05) is 6.54 Å². The van der Waals surface area contributed by atoms with E-state index in [1.165, 1.54) is 6.20 Å². The van der Waals surface area contributed by atoms with Gasteiger partial charge in [0.05, 0.1) is 17.1 Å². The van der Waals surface area contributed by atoms with E-state index in [1.54, 1.807) is 17.4 Å². The molecule has 0 bridgehead atoms. The molecular formula is C11H14N2S2. The molecule has 0 atom stereocenters. The van der Waals surface area contributed by atoms with Gasteiger partial charge in [0.2, 0.25) is 0 Å². The third-order valence-electron chi connectivity index (χ3n) is 1.67. The molecule has 0 fully saturated rings. The second-order valence-electron chi connectivity index (χ2n) is 2.67. The number of thiocarbonyl (C=S) groups is 1. The van der Waals surface area contributed by atoms with E-state index in [0.29, 0.717) is 6.54 Å². The van der Waals surface area contributed by atoms with Crippen LogP contribution >= 0.6 is 23.6 Å². The molecule has 1 aromatic rings. The minimum absolute atomic E-state index is 0. The number of hydrogen-bond donors (Lipinski definition) is 1. The van der Waals surface area contributed by atoms with Crippen molar-refractivity contribution in [2.45, 2.75) is 0 Å². The van der Waals surface area contributed by atoms with Gasteiger partial charge in [-0.1, -0.05) is 31.4 Å². The van der Waals surface area contributed by atoms with Crippen LogP contribution in [0.15, 0.2) is 47.9 Å². The Balaban J connectivity index is 0.00000225. The van der Waals surface area contributed by atoms with Gasteiger partial charge in [0, 0.05) is 7.63 Å². The molecule has 0 spiro atoms. The lowest BCUT2D eigenvalue weighted by atomic mass is 10.3. The molecule has 4 heteroatoms. The number of aliphatic imine (C=N–C) groups is 1. The maximum absolute atomic E-state index is 5.21. The van der Waals surface area contributed by atoms with Gasteiger partial charge >= 0.3 is 0 Å². The van der Waals surface area contributed by atoms with Gasteiger partial charge in [0.1, 0.15) is 4.99 Å². The summed E-state index contributed by atoms with van der Waals surface area (Å²) in [4.78, 5) is 5.84. The summed E-state index contributed by atoms with van der Waals surface area (Å²) in [5.41, 5.74) is 0.823. The lowest BCUT2D eigenvalue weighted by Crippen LogP contribution is -2.27. The van der Waals surface area contributed by atoms with Crippen LogP contribution in [0.1, 0.15) is 6.30 Å². The molecule has 0 aliphatic heterocycles. The van der Waals surface area contributed by atoms with Crippen LogP contribution in [0, 0.1) is 0 Å². The van der Waals surface area contributed by atoms with Crippen LogP contribution < -0.4 is 5.32 Å². The normalized spacial score (nSPS) is 10.8. The molecule has 0 amide bonds. The molecule has 0 radical (unpaired) electrons. The van der Waals surface area contributed by atoms with E-state index in [2.05, 4.69) is 23.5 Å². The Kier molecular flexibility index (Phi) is 4.93. The zero-order valence-electron chi connectivity index (χ0n) is 8.27. The van der Waals surface area contributed by atoms with Gasteiger partial charge in [-0.05, 0) is 17.5 Å². The smallest absolute Gasteiger partial charge is 0.117 e. The standard InChI is InChI=1S/C11H12N2S2.H2/c1-3-9(12-4-2)8-13-11(14)10-6-5-7-15-10;/h3-7H,1-2,8H2,(H,13,14);1H. The third kappa shape index (κ3) is 3.77. The second-order valence-corrected chi connectivity index (χ2v) is 4.02. The molecule has 1 heterocycles. The maximum Gasteiger partial charge on any atom is 0.117 e. The zero-order valence-corrected chi connectivity index (χ0v) is 9.90. The van der Waals surface area contributed by atoms with Gasteiger partial charge in [-0.25, -0.2) is 0 Å². The Labute approximate surface area is 101 Å². The molecule has 1 rings (SSSR count). The van der Waals surface area contributed by atoms with Crippen molar-refractivity contribution >= 4 is 34.3 Å². The minimum atomic E-state index is 0. The van der Waals surface area contributed by atoms with Gasteiger partial charge in [0.15, 0.2) is 0 Å². The SMILES string of the molecule is C=CN=C(C=C)CNC(=S)c1cccs1.[HH]. The molecule has 0 aliphatic carbocycles. The highest BCUT2D eigenvalue weighted by Crippen LogP contribution is 2.08. The number of thiophene rings is 1. The van der Waals surface area contributed by atoms with Crippen molar-refractivity contribution in [1.29, 1.82) is 0 Å². The Morgan fingerprint density at radius 2 is 2.47 bits per heavy atom. The van der Waals surface area contributed by atoms with Crippen LogP contribution in [0.25, 0.3) is 0 Å². The maximum atomic E-state index is 5.21. The van der Waals surface area contributed by atoms with Gasteiger partial charge in [0.25, 0.3) is 0 Å². The first-order chi connectivity index (χ1) is 7.27. The molecule has 0 saturated carbocycles. The van der Waals surface area contributed by atoms with E-state index >= 15 is 0 Å². The Morgan fingerprint density at radius 1 is 1.67 bits per heavy atom. The fourth-order valence-electron chi connectivity index (χ4n) is 0.953. The monoisotopic (exact) mass is 238 g/mol. The van der Waals surface area contributed by atoms with Crippen LogP contribution in [0.5, 0.6) is 0 Å².